The molecule has 0 aromatic heterocycles. The van der Waals surface area contributed by atoms with E-state index < -0.39 is 10.2 Å². The van der Waals surface area contributed by atoms with Crippen LogP contribution in [0.4, 0.5) is 0 Å². The van der Waals surface area contributed by atoms with Crippen molar-refractivity contribution in [2.24, 2.45) is 0 Å². The summed E-state index contributed by atoms with van der Waals surface area (Å²) in [5.41, 5.74) is 1.01. The summed E-state index contributed by atoms with van der Waals surface area (Å²) in [5, 5.41) is 3.54. The molecule has 1 aromatic carbocycles. The topological polar surface area (TPSA) is 61.4 Å². The van der Waals surface area contributed by atoms with Crippen LogP contribution in [0.5, 0.6) is 0 Å². The summed E-state index contributed by atoms with van der Waals surface area (Å²) in [7, 11) is -3.43. The van der Waals surface area contributed by atoms with E-state index in [1.165, 1.54) is 17.1 Å². The Labute approximate surface area is 133 Å². The molecule has 2 aliphatic rings. The van der Waals surface area contributed by atoms with Gasteiger partial charge in [0, 0.05) is 31.2 Å². The quantitative estimate of drug-likeness (QED) is 0.836. The zero-order chi connectivity index (χ0) is 15.6. The van der Waals surface area contributed by atoms with Crippen molar-refractivity contribution in [1.82, 2.24) is 14.3 Å². The van der Waals surface area contributed by atoms with Gasteiger partial charge in [0.2, 0.25) is 0 Å². The van der Waals surface area contributed by atoms with Gasteiger partial charge >= 0.3 is 0 Å². The monoisotopic (exact) mass is 323 g/mol. The first-order valence-corrected chi connectivity index (χ1v) is 9.58. The molecule has 2 bridgehead atoms. The molecule has 3 rings (SSSR count). The van der Waals surface area contributed by atoms with E-state index in [-0.39, 0.29) is 6.04 Å². The minimum atomic E-state index is -3.43. The van der Waals surface area contributed by atoms with Crippen LogP contribution in [0.2, 0.25) is 0 Å². The molecule has 2 heterocycles. The van der Waals surface area contributed by atoms with Gasteiger partial charge in [0.25, 0.3) is 10.2 Å². The first-order valence-electron chi connectivity index (χ1n) is 8.14. The number of hydrogen-bond donors (Lipinski definition) is 2. The van der Waals surface area contributed by atoms with Crippen LogP contribution < -0.4 is 10.0 Å². The lowest BCUT2D eigenvalue weighted by Crippen LogP contribution is -2.51. The molecule has 2 N–H and O–H groups in total. The normalized spacial score (nSPS) is 28.2. The van der Waals surface area contributed by atoms with Crippen LogP contribution >= 0.6 is 0 Å². The fourth-order valence-corrected chi connectivity index (χ4v) is 5.01. The van der Waals surface area contributed by atoms with Crippen molar-refractivity contribution in [3.8, 4) is 0 Å². The van der Waals surface area contributed by atoms with E-state index in [0.717, 1.165) is 18.4 Å². The Bertz CT molecular complexity index is 579. The van der Waals surface area contributed by atoms with Gasteiger partial charge in [-0.25, -0.2) is 0 Å². The van der Waals surface area contributed by atoms with Gasteiger partial charge in [-0.15, -0.1) is 0 Å². The van der Waals surface area contributed by atoms with Crippen molar-refractivity contribution >= 4 is 10.2 Å². The van der Waals surface area contributed by atoms with E-state index in [1.54, 1.807) is 0 Å². The lowest BCUT2D eigenvalue weighted by Gasteiger charge is -2.31. The molecule has 122 valence electrons. The van der Waals surface area contributed by atoms with E-state index in [0.29, 0.717) is 25.2 Å². The third-order valence-corrected chi connectivity index (χ3v) is 6.38. The molecule has 2 aliphatic heterocycles. The maximum absolute atomic E-state index is 12.7. The van der Waals surface area contributed by atoms with E-state index in [9.17, 15) is 8.42 Å². The smallest absolute Gasteiger partial charge is 0.279 e. The number of fused-ring (bicyclic) bond motifs is 2. The van der Waals surface area contributed by atoms with Gasteiger partial charge in [-0.05, 0) is 31.2 Å². The van der Waals surface area contributed by atoms with Crippen LogP contribution in [0.15, 0.2) is 30.3 Å². The standard InChI is InChI=1S/C16H25N3O2S/c1-2-19(12-13-6-4-3-5-7-13)22(20,21)18-16-10-14-8-9-15(11-16)17-14/h3-7,14-18H,2,8-12H2,1H3. The summed E-state index contributed by atoms with van der Waals surface area (Å²) in [5.74, 6) is 0. The molecule has 0 spiro atoms. The molecule has 2 saturated heterocycles. The summed E-state index contributed by atoms with van der Waals surface area (Å²) in [4.78, 5) is 0. The molecule has 5 nitrogen and oxygen atoms in total. The average molecular weight is 323 g/mol. The maximum Gasteiger partial charge on any atom is 0.279 e. The average Bonchev–Trinajstić information content (AvgIpc) is 2.84. The highest BCUT2D eigenvalue weighted by Gasteiger charge is 2.36. The fourth-order valence-electron chi connectivity index (χ4n) is 3.59. The van der Waals surface area contributed by atoms with Crippen molar-refractivity contribution in [2.45, 2.75) is 57.3 Å². The lowest BCUT2D eigenvalue weighted by molar-refractivity contribution is 0.333. The van der Waals surface area contributed by atoms with Crippen molar-refractivity contribution in [3.05, 3.63) is 35.9 Å². The van der Waals surface area contributed by atoms with E-state index in [1.807, 2.05) is 37.3 Å². The van der Waals surface area contributed by atoms with Crippen molar-refractivity contribution in [1.29, 1.82) is 0 Å². The van der Waals surface area contributed by atoms with Crippen LogP contribution in [0.25, 0.3) is 0 Å². The summed E-state index contributed by atoms with van der Waals surface area (Å²) >= 11 is 0. The Kier molecular flexibility index (Phi) is 4.82. The molecule has 2 atom stereocenters. The van der Waals surface area contributed by atoms with Crippen LogP contribution in [0, 0.1) is 0 Å². The largest absolute Gasteiger partial charge is 0.311 e. The number of nitrogens with zero attached hydrogens (tertiary/aromatic N) is 1. The third-order valence-electron chi connectivity index (χ3n) is 4.68. The Balaban J connectivity index is 1.65. The first-order chi connectivity index (χ1) is 10.6. The SMILES string of the molecule is CCN(Cc1ccccc1)S(=O)(=O)NC1CC2CCC(C1)N2. The van der Waals surface area contributed by atoms with Crippen LogP contribution in [-0.2, 0) is 16.8 Å². The summed E-state index contributed by atoms with van der Waals surface area (Å²) in [6.45, 7) is 2.78. The second-order valence-corrected chi connectivity index (χ2v) is 8.04. The van der Waals surface area contributed by atoms with Gasteiger partial charge in [-0.3, -0.25) is 0 Å². The second kappa shape index (κ2) is 6.66. The molecule has 0 amide bonds. The van der Waals surface area contributed by atoms with Gasteiger partial charge in [0.15, 0.2) is 0 Å². The lowest BCUT2D eigenvalue weighted by atomic mass is 10.0. The van der Waals surface area contributed by atoms with Crippen LogP contribution in [0.1, 0.15) is 38.2 Å². The van der Waals surface area contributed by atoms with Gasteiger partial charge in [-0.2, -0.15) is 17.4 Å². The van der Waals surface area contributed by atoms with Crippen LogP contribution in [0.3, 0.4) is 0 Å². The van der Waals surface area contributed by atoms with E-state index in [2.05, 4.69) is 10.0 Å². The number of benzene rings is 1. The molecular weight excluding hydrogens is 298 g/mol. The molecule has 22 heavy (non-hydrogen) atoms. The molecule has 0 saturated carbocycles. The highest BCUT2D eigenvalue weighted by molar-refractivity contribution is 7.87. The Morgan fingerprint density at radius 2 is 1.82 bits per heavy atom. The number of hydrogen-bond acceptors (Lipinski definition) is 3. The molecule has 2 unspecified atom stereocenters. The van der Waals surface area contributed by atoms with E-state index >= 15 is 0 Å². The number of piperidine rings is 1. The van der Waals surface area contributed by atoms with Crippen LogP contribution in [-0.4, -0.2) is 37.4 Å². The Morgan fingerprint density at radius 1 is 1.18 bits per heavy atom. The second-order valence-electron chi connectivity index (χ2n) is 6.34. The van der Waals surface area contributed by atoms with Crippen molar-refractivity contribution in [2.75, 3.05) is 6.54 Å². The highest BCUT2D eigenvalue weighted by atomic mass is 32.2. The van der Waals surface area contributed by atoms with Crippen molar-refractivity contribution < 1.29 is 8.42 Å². The molecule has 2 fully saturated rings. The third kappa shape index (κ3) is 3.68. The van der Waals surface area contributed by atoms with Gasteiger partial charge in [0.1, 0.15) is 0 Å². The number of nitrogens with one attached hydrogen (secondary N) is 2. The zero-order valence-electron chi connectivity index (χ0n) is 13.0. The van der Waals surface area contributed by atoms with E-state index in [4.69, 9.17) is 0 Å². The Morgan fingerprint density at radius 3 is 2.41 bits per heavy atom. The minimum absolute atomic E-state index is 0.0635. The molecular formula is C16H25N3O2S. The summed E-state index contributed by atoms with van der Waals surface area (Å²) < 4.78 is 29.8. The fraction of sp³-hybridized carbons (Fsp3) is 0.625. The van der Waals surface area contributed by atoms with Gasteiger partial charge in [-0.1, -0.05) is 37.3 Å². The Hall–Kier alpha value is -0.950. The first kappa shape index (κ1) is 15.9. The molecule has 1 aromatic rings. The minimum Gasteiger partial charge on any atom is -0.311 e. The van der Waals surface area contributed by atoms with Gasteiger partial charge < -0.3 is 5.32 Å². The van der Waals surface area contributed by atoms with Crippen molar-refractivity contribution in [3.63, 3.8) is 0 Å². The molecule has 6 heteroatoms. The maximum atomic E-state index is 12.7. The highest BCUT2D eigenvalue weighted by Crippen LogP contribution is 2.27. The summed E-state index contributed by atoms with van der Waals surface area (Å²) in [6.07, 6.45) is 4.14. The number of rotatable bonds is 6. The predicted molar refractivity (Wildman–Crippen MR) is 87.5 cm³/mol. The predicted octanol–water partition coefficient (Wildman–Crippen LogP) is 1.63. The zero-order valence-corrected chi connectivity index (χ0v) is 13.8. The van der Waals surface area contributed by atoms with Gasteiger partial charge in [0.05, 0.1) is 0 Å². The summed E-state index contributed by atoms with van der Waals surface area (Å²) in [6, 6.07) is 10.8. The molecule has 0 aliphatic carbocycles. The molecule has 0 radical (unpaired) electrons.